The van der Waals surface area contributed by atoms with Crippen molar-refractivity contribution < 1.29 is 14.3 Å². The van der Waals surface area contributed by atoms with Crippen LogP contribution >= 0.6 is 11.6 Å². The summed E-state index contributed by atoms with van der Waals surface area (Å²) in [6.07, 6.45) is 0.0739. The molecule has 0 bridgehead atoms. The van der Waals surface area contributed by atoms with Gasteiger partial charge in [-0.3, -0.25) is 9.59 Å². The first-order valence-electron chi connectivity index (χ1n) is 7.71. The van der Waals surface area contributed by atoms with Gasteiger partial charge >= 0.3 is 0 Å². The van der Waals surface area contributed by atoms with Crippen molar-refractivity contribution in [2.24, 2.45) is 0 Å². The van der Waals surface area contributed by atoms with Crippen molar-refractivity contribution in [2.45, 2.75) is 19.4 Å². The Bertz CT molecular complexity index is 778. The number of carbonyl (C=O) groups is 2. The Morgan fingerprint density at radius 1 is 1.17 bits per heavy atom. The highest BCUT2D eigenvalue weighted by Crippen LogP contribution is 2.32. The molecule has 6 heteroatoms. The molecule has 2 aromatic rings. The molecule has 1 unspecified atom stereocenters. The smallest absolute Gasteiger partial charge is 0.256 e. The Labute approximate surface area is 145 Å². The summed E-state index contributed by atoms with van der Waals surface area (Å²) in [7, 11) is 0. The van der Waals surface area contributed by atoms with E-state index in [4.69, 9.17) is 16.3 Å². The van der Waals surface area contributed by atoms with E-state index in [1.54, 1.807) is 24.3 Å². The van der Waals surface area contributed by atoms with Crippen LogP contribution in [-0.2, 0) is 9.59 Å². The van der Waals surface area contributed by atoms with Gasteiger partial charge in [0.2, 0.25) is 5.91 Å². The Morgan fingerprint density at radius 3 is 2.62 bits per heavy atom. The number of nitrogens with one attached hydrogen (secondary N) is 1. The molecule has 1 fully saturated rings. The zero-order valence-electron chi connectivity index (χ0n) is 13.2. The standard InChI is InChI=1S/C18H17ClN2O3/c1-2-24-16-10-6-4-8-13(16)20-14-11-17(22)21(18(14)23)15-9-5-3-7-12(15)19/h3-10,14,20H,2,11H2,1H3. The van der Waals surface area contributed by atoms with E-state index in [9.17, 15) is 9.59 Å². The quantitative estimate of drug-likeness (QED) is 0.844. The van der Waals surface area contributed by atoms with Crippen LogP contribution in [0.25, 0.3) is 0 Å². The minimum Gasteiger partial charge on any atom is -0.492 e. The van der Waals surface area contributed by atoms with Crippen LogP contribution in [0, 0.1) is 0 Å². The van der Waals surface area contributed by atoms with Crippen LogP contribution < -0.4 is 15.0 Å². The summed E-state index contributed by atoms with van der Waals surface area (Å²) in [6, 6.07) is 13.5. The largest absolute Gasteiger partial charge is 0.492 e. The highest BCUT2D eigenvalue weighted by Gasteiger charge is 2.40. The molecular formula is C18H17ClN2O3. The first-order chi connectivity index (χ1) is 11.6. The SMILES string of the molecule is CCOc1ccccc1NC1CC(=O)N(c2ccccc2Cl)C1=O. The van der Waals surface area contributed by atoms with Gasteiger partial charge in [0.25, 0.3) is 5.91 Å². The van der Waals surface area contributed by atoms with Gasteiger partial charge in [-0.1, -0.05) is 35.9 Å². The van der Waals surface area contributed by atoms with Crippen molar-refractivity contribution in [1.29, 1.82) is 0 Å². The zero-order valence-corrected chi connectivity index (χ0v) is 13.9. The number of halogens is 1. The summed E-state index contributed by atoms with van der Waals surface area (Å²) in [5.41, 5.74) is 1.10. The maximum atomic E-state index is 12.7. The summed E-state index contributed by atoms with van der Waals surface area (Å²) >= 11 is 6.12. The van der Waals surface area contributed by atoms with Crippen molar-refractivity contribution >= 4 is 34.8 Å². The van der Waals surface area contributed by atoms with Crippen LogP contribution in [0.4, 0.5) is 11.4 Å². The second-order valence-corrected chi connectivity index (χ2v) is 5.76. The van der Waals surface area contributed by atoms with Crippen molar-refractivity contribution in [3.05, 3.63) is 53.6 Å². The summed E-state index contributed by atoms with van der Waals surface area (Å²) in [4.78, 5) is 26.2. The average Bonchev–Trinajstić information content (AvgIpc) is 2.84. The van der Waals surface area contributed by atoms with Crippen LogP contribution in [0.5, 0.6) is 5.75 Å². The number of ether oxygens (including phenoxy) is 1. The highest BCUT2D eigenvalue weighted by molar-refractivity contribution is 6.36. The first kappa shape index (κ1) is 16.3. The number of benzene rings is 2. The van der Waals surface area contributed by atoms with E-state index in [0.717, 1.165) is 4.90 Å². The van der Waals surface area contributed by atoms with E-state index in [1.165, 1.54) is 0 Å². The average molecular weight is 345 g/mol. The van der Waals surface area contributed by atoms with E-state index < -0.39 is 6.04 Å². The summed E-state index contributed by atoms with van der Waals surface area (Å²) in [6.45, 7) is 2.40. The Hall–Kier alpha value is -2.53. The molecule has 0 aromatic heterocycles. The molecule has 0 radical (unpaired) electrons. The molecule has 3 rings (SSSR count). The van der Waals surface area contributed by atoms with Gasteiger partial charge in [0.05, 0.1) is 29.4 Å². The predicted molar refractivity (Wildman–Crippen MR) is 93.6 cm³/mol. The molecule has 0 saturated carbocycles. The van der Waals surface area contributed by atoms with Crippen LogP contribution in [0.15, 0.2) is 48.5 Å². The van der Waals surface area contributed by atoms with Gasteiger partial charge in [-0.05, 0) is 31.2 Å². The van der Waals surface area contributed by atoms with E-state index in [2.05, 4.69) is 5.32 Å². The van der Waals surface area contributed by atoms with Crippen molar-refractivity contribution in [1.82, 2.24) is 0 Å². The third-order valence-corrected chi connectivity index (χ3v) is 4.08. The lowest BCUT2D eigenvalue weighted by Crippen LogP contribution is -2.35. The maximum absolute atomic E-state index is 12.7. The topological polar surface area (TPSA) is 58.6 Å². The van der Waals surface area contributed by atoms with Gasteiger partial charge in [-0.25, -0.2) is 4.90 Å². The molecule has 1 heterocycles. The number of carbonyl (C=O) groups excluding carboxylic acids is 2. The molecule has 1 N–H and O–H groups in total. The van der Waals surface area contributed by atoms with Gasteiger partial charge in [0.15, 0.2) is 0 Å². The zero-order chi connectivity index (χ0) is 17.1. The maximum Gasteiger partial charge on any atom is 0.256 e. The summed E-state index contributed by atoms with van der Waals surface area (Å²) in [5, 5.41) is 3.48. The number of hydrogen-bond acceptors (Lipinski definition) is 4. The number of rotatable bonds is 5. The number of imide groups is 1. The molecule has 0 aliphatic carbocycles. The second-order valence-electron chi connectivity index (χ2n) is 5.35. The molecule has 124 valence electrons. The number of amides is 2. The number of para-hydroxylation sites is 3. The van der Waals surface area contributed by atoms with Gasteiger partial charge in [0, 0.05) is 0 Å². The van der Waals surface area contributed by atoms with Gasteiger partial charge in [-0.2, -0.15) is 0 Å². The van der Waals surface area contributed by atoms with E-state index >= 15 is 0 Å². The number of nitrogens with zero attached hydrogens (tertiary/aromatic N) is 1. The Balaban J connectivity index is 1.84. The molecule has 0 spiro atoms. The van der Waals surface area contributed by atoms with Crippen molar-refractivity contribution in [2.75, 3.05) is 16.8 Å². The lowest BCUT2D eigenvalue weighted by Gasteiger charge is -2.18. The van der Waals surface area contributed by atoms with Gasteiger partial charge in [-0.15, -0.1) is 0 Å². The molecule has 1 saturated heterocycles. The Morgan fingerprint density at radius 2 is 1.88 bits per heavy atom. The number of anilines is 2. The number of hydrogen-bond donors (Lipinski definition) is 1. The highest BCUT2D eigenvalue weighted by atomic mass is 35.5. The minimum absolute atomic E-state index is 0.0739. The van der Waals surface area contributed by atoms with E-state index in [-0.39, 0.29) is 18.2 Å². The van der Waals surface area contributed by atoms with Crippen LogP contribution in [0.2, 0.25) is 5.02 Å². The fourth-order valence-electron chi connectivity index (χ4n) is 2.69. The molecule has 24 heavy (non-hydrogen) atoms. The molecule has 1 atom stereocenters. The first-order valence-corrected chi connectivity index (χ1v) is 8.09. The fraction of sp³-hybridized carbons (Fsp3) is 0.222. The fourth-order valence-corrected chi connectivity index (χ4v) is 2.91. The van der Waals surface area contributed by atoms with Crippen molar-refractivity contribution in [3.63, 3.8) is 0 Å². The van der Waals surface area contributed by atoms with Gasteiger partial charge < -0.3 is 10.1 Å². The van der Waals surface area contributed by atoms with Crippen molar-refractivity contribution in [3.8, 4) is 5.75 Å². The lowest BCUT2D eigenvalue weighted by atomic mass is 10.2. The molecule has 2 aromatic carbocycles. The normalized spacial score (nSPS) is 17.2. The van der Waals surface area contributed by atoms with Crippen LogP contribution in [-0.4, -0.2) is 24.5 Å². The van der Waals surface area contributed by atoms with Crippen LogP contribution in [0.3, 0.4) is 0 Å². The lowest BCUT2D eigenvalue weighted by molar-refractivity contribution is -0.121. The predicted octanol–water partition coefficient (Wildman–Crippen LogP) is 3.48. The van der Waals surface area contributed by atoms with Gasteiger partial charge in [0.1, 0.15) is 11.8 Å². The second kappa shape index (κ2) is 6.93. The molecule has 1 aliphatic heterocycles. The monoisotopic (exact) mass is 344 g/mol. The molecule has 2 amide bonds. The third kappa shape index (κ3) is 3.08. The summed E-state index contributed by atoms with van der Waals surface area (Å²) < 4.78 is 5.55. The molecule has 1 aliphatic rings. The molecule has 5 nitrogen and oxygen atoms in total. The van der Waals surface area contributed by atoms with Crippen LogP contribution in [0.1, 0.15) is 13.3 Å². The summed E-state index contributed by atoms with van der Waals surface area (Å²) in [5.74, 6) is 0.0512. The molecular weight excluding hydrogens is 328 g/mol. The van der Waals surface area contributed by atoms with E-state index in [0.29, 0.717) is 28.8 Å². The van der Waals surface area contributed by atoms with E-state index in [1.807, 2.05) is 31.2 Å². The third-order valence-electron chi connectivity index (χ3n) is 3.76. The Kier molecular flexibility index (Phi) is 4.71. The minimum atomic E-state index is -0.643.